The molecule has 0 aliphatic heterocycles. The zero-order valence-corrected chi connectivity index (χ0v) is 25.9. The minimum absolute atomic E-state index is 0.0248. The molecule has 0 saturated heterocycles. The number of rotatable bonds is 23. The van der Waals surface area contributed by atoms with Crippen molar-refractivity contribution in [3.05, 3.63) is 72.9 Å². The van der Waals surface area contributed by atoms with E-state index in [2.05, 4.69) is 0 Å². The Kier molecular flexibility index (Phi) is 22.2. The molecule has 0 spiro atoms. The zero-order chi connectivity index (χ0) is 31.0. The zero-order valence-electron chi connectivity index (χ0n) is 25.0. The van der Waals surface area contributed by atoms with Gasteiger partial charge in [0.1, 0.15) is 25.9 Å². The fourth-order valence-corrected chi connectivity index (χ4v) is 3.60. The van der Waals surface area contributed by atoms with Crippen LogP contribution in [0.1, 0.15) is 45.4 Å². The minimum Gasteiger partial charge on any atom is -0.463 e. The van der Waals surface area contributed by atoms with Gasteiger partial charge in [0.25, 0.3) is 0 Å². The first-order valence-corrected chi connectivity index (χ1v) is 15.4. The van der Waals surface area contributed by atoms with Crippen LogP contribution in [-0.4, -0.2) is 96.5 Å². The van der Waals surface area contributed by atoms with Crippen LogP contribution in [0.4, 0.5) is 0 Å². The number of carbonyl (C=O) groups excluding carboxylic acids is 1. The molecule has 0 aromatic heterocycles. The van der Waals surface area contributed by atoms with Gasteiger partial charge < -0.3 is 29.4 Å². The van der Waals surface area contributed by atoms with E-state index in [4.69, 9.17) is 13.8 Å². The molecule has 4 N–H and O–H groups in total. The lowest BCUT2D eigenvalue weighted by Gasteiger charge is -2.24. The van der Waals surface area contributed by atoms with Gasteiger partial charge in [-0.2, -0.15) is 0 Å². The molecule has 0 aromatic carbocycles. The summed E-state index contributed by atoms with van der Waals surface area (Å²) in [4.78, 5) is 21.4. The highest BCUT2D eigenvalue weighted by Gasteiger charge is 2.24. The van der Waals surface area contributed by atoms with E-state index in [0.717, 1.165) is 19.3 Å². The summed E-state index contributed by atoms with van der Waals surface area (Å²) in [6, 6.07) is 0. The molecular weight excluding hydrogens is 549 g/mol. The van der Waals surface area contributed by atoms with Crippen LogP contribution in [0.3, 0.4) is 0 Å². The minimum atomic E-state index is -4.28. The van der Waals surface area contributed by atoms with E-state index in [1.165, 1.54) is 0 Å². The Bertz CT molecular complexity index is 919. The number of nitrogens with zero attached hydrogens (tertiary/aromatic N) is 1. The van der Waals surface area contributed by atoms with Crippen LogP contribution in [0.2, 0.25) is 0 Å². The molecule has 0 saturated carbocycles. The summed E-state index contributed by atoms with van der Waals surface area (Å²) in [5.74, 6) is -0.488. The summed E-state index contributed by atoms with van der Waals surface area (Å²) in [5, 5.41) is 29.5. The lowest BCUT2D eigenvalue weighted by atomic mass is 10.1. The summed E-state index contributed by atoms with van der Waals surface area (Å²) in [5.41, 5.74) is 0. The van der Waals surface area contributed by atoms with Crippen molar-refractivity contribution >= 4 is 13.8 Å². The van der Waals surface area contributed by atoms with Gasteiger partial charge in [0.05, 0.1) is 40.0 Å². The van der Waals surface area contributed by atoms with Crippen molar-refractivity contribution in [3.8, 4) is 0 Å². The maximum atomic E-state index is 11.8. The van der Waals surface area contributed by atoms with Crippen molar-refractivity contribution < 1.29 is 47.8 Å². The molecule has 0 heterocycles. The molecule has 0 fully saturated rings. The molecule has 4 atom stereocenters. The quantitative estimate of drug-likeness (QED) is 0.0447. The molecule has 0 aliphatic carbocycles. The molecule has 10 nitrogen and oxygen atoms in total. The third kappa shape index (κ3) is 26.5. The second-order valence-electron chi connectivity index (χ2n) is 10.3. The monoisotopic (exact) mass is 600 g/mol. The number of aliphatic hydroxyl groups is 3. The average Bonchev–Trinajstić information content (AvgIpc) is 2.90. The van der Waals surface area contributed by atoms with Crippen LogP contribution in [0.15, 0.2) is 72.9 Å². The molecule has 41 heavy (non-hydrogen) atoms. The third-order valence-corrected chi connectivity index (χ3v) is 6.21. The van der Waals surface area contributed by atoms with Gasteiger partial charge in [-0.25, -0.2) is 4.57 Å². The van der Waals surface area contributed by atoms with Crippen LogP contribution in [0, 0.1) is 0 Å². The van der Waals surface area contributed by atoms with Gasteiger partial charge in [0.2, 0.25) is 0 Å². The normalized spacial score (nSPS) is 17.0. The molecule has 0 amide bonds. The first-order chi connectivity index (χ1) is 19.4. The maximum Gasteiger partial charge on any atom is 0.472 e. The molecule has 0 aromatic rings. The number of ether oxygens (including phenoxy) is 1. The second-order valence-corrected chi connectivity index (χ2v) is 11.7. The lowest BCUT2D eigenvalue weighted by Crippen LogP contribution is -2.37. The predicted molar refractivity (Wildman–Crippen MR) is 162 cm³/mol. The van der Waals surface area contributed by atoms with Crippen LogP contribution in [0.5, 0.6) is 0 Å². The van der Waals surface area contributed by atoms with Gasteiger partial charge >= 0.3 is 13.8 Å². The highest BCUT2D eigenvalue weighted by Crippen LogP contribution is 2.43. The number of esters is 1. The lowest BCUT2D eigenvalue weighted by molar-refractivity contribution is -0.870. The van der Waals surface area contributed by atoms with E-state index in [1.807, 2.05) is 82.8 Å². The Morgan fingerprint density at radius 3 is 2.20 bits per heavy atom. The van der Waals surface area contributed by atoms with Gasteiger partial charge in [0.15, 0.2) is 0 Å². The smallest absolute Gasteiger partial charge is 0.463 e. The fraction of sp³-hybridized carbons (Fsp3) is 0.567. The Hall–Kier alpha value is -2.14. The number of phosphoric ester groups is 1. The number of allylic oxidation sites excluding steroid dienone is 10. The highest BCUT2D eigenvalue weighted by molar-refractivity contribution is 7.47. The standard InChI is InChI=1S/C30H50NO9P/c1-5-6-17-20-28(33)29(34)21-18-15-13-11-9-7-8-10-12-14-16-19-22-30(35)38-25-27(32)26-40-41(36,37)39-24-23-31(2,3)4/h6,8-11,13-18,21,27-29,32-34H,5,7,12,19-20,22-26H2,1-4H3/p+1/b10-8-,11-9+,15-13+,16-14-,17-6-,21-18+/t27-,28+,29?/m1/s1. The van der Waals surface area contributed by atoms with Crippen LogP contribution < -0.4 is 0 Å². The molecule has 234 valence electrons. The Balaban J connectivity index is 3.95. The van der Waals surface area contributed by atoms with E-state index >= 15 is 0 Å². The number of aliphatic hydroxyl groups excluding tert-OH is 3. The van der Waals surface area contributed by atoms with Crippen LogP contribution >= 0.6 is 7.82 Å². The van der Waals surface area contributed by atoms with Gasteiger partial charge in [-0.1, -0.05) is 79.8 Å². The largest absolute Gasteiger partial charge is 0.472 e. The van der Waals surface area contributed by atoms with Gasteiger partial charge in [0, 0.05) is 6.42 Å². The molecule has 0 radical (unpaired) electrons. The number of likely N-dealkylation sites (N-methyl/N-ethyl adjacent to an activating group) is 1. The van der Waals surface area contributed by atoms with Gasteiger partial charge in [-0.3, -0.25) is 13.8 Å². The number of hydrogen-bond acceptors (Lipinski definition) is 8. The van der Waals surface area contributed by atoms with E-state index < -0.39 is 38.7 Å². The number of phosphoric acid groups is 1. The van der Waals surface area contributed by atoms with Gasteiger partial charge in [-0.05, 0) is 32.1 Å². The Morgan fingerprint density at radius 2 is 1.51 bits per heavy atom. The summed E-state index contributed by atoms with van der Waals surface area (Å²) in [6.07, 6.45) is 22.9. The highest BCUT2D eigenvalue weighted by atomic mass is 31.2. The molecule has 2 unspecified atom stereocenters. The first kappa shape index (κ1) is 38.9. The van der Waals surface area contributed by atoms with E-state index in [0.29, 0.717) is 23.9 Å². The van der Waals surface area contributed by atoms with Crippen LogP contribution in [0.25, 0.3) is 0 Å². The van der Waals surface area contributed by atoms with Crippen molar-refractivity contribution in [1.82, 2.24) is 0 Å². The van der Waals surface area contributed by atoms with E-state index in [1.54, 1.807) is 18.2 Å². The average molecular weight is 601 g/mol. The predicted octanol–water partition coefficient (Wildman–Crippen LogP) is 4.15. The summed E-state index contributed by atoms with van der Waals surface area (Å²) >= 11 is 0. The summed E-state index contributed by atoms with van der Waals surface area (Å²) in [7, 11) is 1.46. The SMILES string of the molecule is CC/C=C\C[C@H](O)C(O)/C=C/C=C/C=C/C/C=C\C/C=C\CCC(=O)OC[C@@H](O)COP(=O)(O)OCC[N+](C)(C)C. The molecule has 11 heteroatoms. The first-order valence-electron chi connectivity index (χ1n) is 13.9. The van der Waals surface area contributed by atoms with Crippen molar-refractivity contribution in [3.63, 3.8) is 0 Å². The number of hydrogen-bond donors (Lipinski definition) is 4. The maximum absolute atomic E-state index is 11.8. The Labute approximate surface area is 245 Å². The van der Waals surface area contributed by atoms with Gasteiger partial charge in [-0.15, -0.1) is 0 Å². The van der Waals surface area contributed by atoms with Crippen LogP contribution in [-0.2, 0) is 23.1 Å². The molecular formula is C30H51NO9P+. The van der Waals surface area contributed by atoms with Crippen molar-refractivity contribution in [1.29, 1.82) is 0 Å². The Morgan fingerprint density at radius 1 is 0.854 bits per heavy atom. The van der Waals surface area contributed by atoms with Crippen molar-refractivity contribution in [2.45, 2.75) is 63.8 Å². The topological polar surface area (TPSA) is 143 Å². The fourth-order valence-electron chi connectivity index (χ4n) is 2.86. The van der Waals surface area contributed by atoms with Crippen molar-refractivity contribution in [2.24, 2.45) is 0 Å². The summed E-state index contributed by atoms with van der Waals surface area (Å²) < 4.78 is 26.9. The van der Waals surface area contributed by atoms with E-state index in [-0.39, 0.29) is 19.6 Å². The molecule has 0 aliphatic rings. The van der Waals surface area contributed by atoms with Crippen molar-refractivity contribution in [2.75, 3.05) is 47.5 Å². The molecule has 0 rings (SSSR count). The third-order valence-electron chi connectivity index (χ3n) is 5.23. The number of quaternary nitrogens is 1. The van der Waals surface area contributed by atoms with E-state index in [9.17, 15) is 29.6 Å². The second kappa shape index (κ2) is 23.4. The number of carbonyl (C=O) groups is 1. The summed E-state index contributed by atoms with van der Waals surface area (Å²) in [6.45, 7) is 1.71. The molecule has 0 bridgehead atoms.